The van der Waals surface area contributed by atoms with E-state index in [0.29, 0.717) is 0 Å². The van der Waals surface area contributed by atoms with Crippen molar-refractivity contribution in [1.29, 1.82) is 0 Å². The van der Waals surface area contributed by atoms with Crippen molar-refractivity contribution in [3.8, 4) is 33.4 Å². The van der Waals surface area contributed by atoms with Crippen LogP contribution in [-0.2, 0) is 0 Å². The van der Waals surface area contributed by atoms with Crippen LogP contribution in [0.1, 0.15) is 19.8 Å². The van der Waals surface area contributed by atoms with Crippen LogP contribution in [0.5, 0.6) is 0 Å². The Morgan fingerprint density at radius 1 is 0.512 bits per heavy atom. The molecule has 0 saturated heterocycles. The second kappa shape index (κ2) is 10.6. The highest BCUT2D eigenvalue weighted by Gasteiger charge is 2.12. The molecule has 0 heterocycles. The minimum atomic E-state index is 1.03. The van der Waals surface area contributed by atoms with Crippen molar-refractivity contribution in [2.45, 2.75) is 19.8 Å². The summed E-state index contributed by atoms with van der Waals surface area (Å²) in [5, 5.41) is 9.90. The van der Waals surface area contributed by atoms with E-state index in [2.05, 4.69) is 153 Å². The third-order valence-electron chi connectivity index (χ3n) is 8.28. The van der Waals surface area contributed by atoms with Gasteiger partial charge in [0.25, 0.3) is 0 Å². The van der Waals surface area contributed by atoms with Gasteiger partial charge in [-0.25, -0.2) is 0 Å². The van der Waals surface area contributed by atoms with E-state index in [4.69, 9.17) is 0 Å². The van der Waals surface area contributed by atoms with Crippen LogP contribution in [0, 0.1) is 0 Å². The lowest BCUT2D eigenvalue weighted by Crippen LogP contribution is -2.25. The molecule has 7 rings (SSSR count). The molecule has 0 bridgehead atoms. The maximum absolute atomic E-state index is 4.50. The van der Waals surface area contributed by atoms with Crippen molar-refractivity contribution in [1.82, 2.24) is 0 Å². The average Bonchev–Trinajstić information content (AvgIpc) is 3.03. The summed E-state index contributed by atoms with van der Waals surface area (Å²) in [6, 6.07) is 48.7. The van der Waals surface area contributed by atoms with Crippen LogP contribution >= 0.6 is 0 Å². The number of hydrogen-bond acceptors (Lipinski definition) is 0. The fraction of sp³-hybridized carbons (Fsp3) is 0.0732. The van der Waals surface area contributed by atoms with Crippen LogP contribution in [0.3, 0.4) is 0 Å². The number of fused-ring (bicyclic) bond motifs is 3. The highest BCUT2D eigenvalue weighted by molar-refractivity contribution is 6.03. The van der Waals surface area contributed by atoms with Crippen molar-refractivity contribution in [2.75, 3.05) is 0 Å². The topological polar surface area (TPSA) is 0 Å². The molecule has 0 radical (unpaired) electrons. The molecule has 0 saturated carbocycles. The van der Waals surface area contributed by atoms with Gasteiger partial charge in [0.2, 0.25) is 0 Å². The van der Waals surface area contributed by atoms with Gasteiger partial charge in [0, 0.05) is 0 Å². The Hall–Kier alpha value is -4.94. The Morgan fingerprint density at radius 2 is 1.07 bits per heavy atom. The van der Waals surface area contributed by atoms with Crippen LogP contribution in [0.15, 0.2) is 133 Å². The van der Waals surface area contributed by atoms with Crippen LogP contribution in [0.4, 0.5) is 0 Å². The smallest absolute Gasteiger partial charge is 0.00300 e. The molecule has 7 aromatic rings. The maximum Gasteiger partial charge on any atom is -0.00300 e. The zero-order valence-corrected chi connectivity index (χ0v) is 23.4. The first kappa shape index (κ1) is 25.1. The summed E-state index contributed by atoms with van der Waals surface area (Å²) in [6.45, 7) is 6.73. The number of rotatable bonds is 5. The first-order chi connectivity index (χ1) is 20.2. The minimum Gasteiger partial charge on any atom is -0.0911 e. The minimum absolute atomic E-state index is 1.03. The van der Waals surface area contributed by atoms with Gasteiger partial charge in [0.05, 0.1) is 0 Å². The molecule has 0 heteroatoms. The van der Waals surface area contributed by atoms with E-state index in [9.17, 15) is 0 Å². The fourth-order valence-corrected chi connectivity index (χ4v) is 6.24. The molecule has 0 aliphatic rings. The third-order valence-corrected chi connectivity index (χ3v) is 8.28. The average molecular weight is 525 g/mol. The van der Waals surface area contributed by atoms with E-state index >= 15 is 0 Å². The van der Waals surface area contributed by atoms with Gasteiger partial charge in [-0.15, -0.1) is 0 Å². The van der Waals surface area contributed by atoms with Crippen molar-refractivity contribution in [3.63, 3.8) is 0 Å². The van der Waals surface area contributed by atoms with E-state index < -0.39 is 0 Å². The fourth-order valence-electron chi connectivity index (χ4n) is 6.24. The summed E-state index contributed by atoms with van der Waals surface area (Å²) in [4.78, 5) is 0. The van der Waals surface area contributed by atoms with E-state index in [1.807, 2.05) is 0 Å². The normalized spacial score (nSPS) is 12.0. The second-order valence-electron chi connectivity index (χ2n) is 10.9. The van der Waals surface area contributed by atoms with Crippen LogP contribution in [0.25, 0.3) is 78.4 Å². The molecule has 0 unspecified atom stereocenters. The van der Waals surface area contributed by atoms with Gasteiger partial charge in [-0.1, -0.05) is 147 Å². The molecule has 0 N–H and O–H groups in total. The molecule has 0 aliphatic heterocycles. The number of benzene rings is 7. The van der Waals surface area contributed by atoms with E-state index in [-0.39, 0.29) is 0 Å². The third kappa shape index (κ3) is 4.52. The Labute approximate surface area is 241 Å². The van der Waals surface area contributed by atoms with Gasteiger partial charge >= 0.3 is 0 Å². The van der Waals surface area contributed by atoms with Gasteiger partial charge in [0.15, 0.2) is 0 Å². The van der Waals surface area contributed by atoms with Gasteiger partial charge in [-0.05, 0) is 94.7 Å². The van der Waals surface area contributed by atoms with Gasteiger partial charge in [-0.3, -0.25) is 0 Å². The first-order valence-corrected chi connectivity index (χ1v) is 14.5. The molecular formula is C41H32. The number of hydrogen-bond donors (Lipinski definition) is 0. The quantitative estimate of drug-likeness (QED) is 0.210. The molecule has 0 nitrogen and oxygen atoms in total. The lowest BCUT2D eigenvalue weighted by Gasteiger charge is -2.14. The summed E-state index contributed by atoms with van der Waals surface area (Å²) in [6.07, 6.45) is 4.51. The molecule has 0 amide bonds. The van der Waals surface area contributed by atoms with Crippen molar-refractivity contribution >= 4 is 45.0 Å². The molecule has 196 valence electrons. The molecule has 0 fully saturated rings. The Bertz CT molecular complexity index is 2150. The molecule has 41 heavy (non-hydrogen) atoms. The summed E-state index contributed by atoms with van der Waals surface area (Å²) in [5.74, 6) is 0. The van der Waals surface area contributed by atoms with Gasteiger partial charge in [-0.2, -0.15) is 0 Å². The Morgan fingerprint density at radius 3 is 1.73 bits per heavy atom. The monoisotopic (exact) mass is 524 g/mol. The molecule has 0 atom stereocenters. The predicted octanol–water partition coefficient (Wildman–Crippen LogP) is 10.1. The van der Waals surface area contributed by atoms with Gasteiger partial charge < -0.3 is 0 Å². The summed E-state index contributed by atoms with van der Waals surface area (Å²) in [7, 11) is 0. The molecule has 7 aromatic carbocycles. The highest BCUT2D eigenvalue weighted by Crippen LogP contribution is 2.35. The lowest BCUT2D eigenvalue weighted by molar-refractivity contribution is 0.991. The second-order valence-corrected chi connectivity index (χ2v) is 10.9. The maximum atomic E-state index is 4.50. The van der Waals surface area contributed by atoms with Crippen LogP contribution < -0.4 is 10.4 Å². The SMILES string of the molecule is C=c1cc2ccc(-c3cccc4ccccc34)cc2c(-c2ccc(-c3cccc4ccccc34)cc2)/c1=C/CCC. The zero-order valence-electron chi connectivity index (χ0n) is 23.4. The number of unbranched alkanes of at least 4 members (excludes halogenated alkanes) is 1. The zero-order chi connectivity index (χ0) is 27.8. The molecule has 0 aromatic heterocycles. The Balaban J connectivity index is 1.45. The first-order valence-electron chi connectivity index (χ1n) is 14.5. The predicted molar refractivity (Wildman–Crippen MR) is 179 cm³/mol. The highest BCUT2D eigenvalue weighted by atomic mass is 14.2. The van der Waals surface area contributed by atoms with E-state index in [0.717, 1.165) is 18.1 Å². The standard InChI is InChI=1S/C41H32/c1-3-4-15-35-28(2)26-33-24-25-34(39-19-10-14-30-12-6-8-17-37(30)39)27-40(33)41(35)32-22-20-31(21-23-32)38-18-9-13-29-11-5-7-16-36(29)38/h5-27H,2-4H2,1H3/b35-15+. The summed E-state index contributed by atoms with van der Waals surface area (Å²) >= 11 is 0. The summed E-state index contributed by atoms with van der Waals surface area (Å²) < 4.78 is 0. The molecular weight excluding hydrogens is 492 g/mol. The molecule has 0 aliphatic carbocycles. The van der Waals surface area contributed by atoms with Crippen LogP contribution in [-0.4, -0.2) is 0 Å². The van der Waals surface area contributed by atoms with Crippen molar-refractivity contribution < 1.29 is 0 Å². The largest absolute Gasteiger partial charge is 0.0911 e. The Kier molecular flexibility index (Phi) is 6.45. The summed E-state index contributed by atoms with van der Waals surface area (Å²) in [5.41, 5.74) is 7.49. The van der Waals surface area contributed by atoms with E-state index in [1.54, 1.807) is 0 Å². The van der Waals surface area contributed by atoms with Crippen molar-refractivity contribution in [3.05, 3.63) is 144 Å². The van der Waals surface area contributed by atoms with E-state index in [1.165, 1.54) is 70.9 Å². The molecule has 0 spiro atoms. The lowest BCUT2D eigenvalue weighted by atomic mass is 9.90. The van der Waals surface area contributed by atoms with Crippen LogP contribution in [0.2, 0.25) is 0 Å². The van der Waals surface area contributed by atoms with Crippen molar-refractivity contribution in [2.24, 2.45) is 0 Å². The van der Waals surface area contributed by atoms with Gasteiger partial charge in [0.1, 0.15) is 0 Å².